The van der Waals surface area contributed by atoms with Gasteiger partial charge in [-0.1, -0.05) is 0 Å². The van der Waals surface area contributed by atoms with Crippen LogP contribution in [-0.2, 0) is 14.3 Å². The van der Waals surface area contributed by atoms with Crippen molar-refractivity contribution >= 4 is 11.9 Å². The summed E-state index contributed by atoms with van der Waals surface area (Å²) in [5.74, 6) is 1.09. The van der Waals surface area contributed by atoms with Gasteiger partial charge in [-0.3, -0.25) is 4.79 Å². The van der Waals surface area contributed by atoms with Gasteiger partial charge in [-0.05, 0) is 18.2 Å². The number of carbonyl (C=O) groups excluding carboxylic acids is 1. The lowest BCUT2D eigenvalue weighted by Gasteiger charge is -2.18. The first-order chi connectivity index (χ1) is 11.7. The van der Waals surface area contributed by atoms with Crippen molar-refractivity contribution in [1.82, 2.24) is 15.3 Å². The third-order valence-electron chi connectivity index (χ3n) is 4.19. The zero-order chi connectivity index (χ0) is 16.5. The Morgan fingerprint density at radius 1 is 1.21 bits per heavy atom. The van der Waals surface area contributed by atoms with E-state index in [9.17, 15) is 4.79 Å². The van der Waals surface area contributed by atoms with Gasteiger partial charge in [0, 0.05) is 13.1 Å². The number of furan rings is 1. The van der Waals surface area contributed by atoms with Crippen LogP contribution in [0.25, 0.3) is 11.5 Å². The lowest BCUT2D eigenvalue weighted by Crippen LogP contribution is -2.44. The van der Waals surface area contributed by atoms with Gasteiger partial charge in [-0.2, -0.15) is 0 Å². The SMILES string of the molecule is CC(=O)NC1COC2C(Nc3nccc(-c4ccco4)n3)COC12. The van der Waals surface area contributed by atoms with Crippen molar-refractivity contribution < 1.29 is 18.7 Å². The lowest BCUT2D eigenvalue weighted by atomic mass is 10.1. The Morgan fingerprint density at radius 2 is 2.00 bits per heavy atom. The fraction of sp³-hybridized carbons (Fsp3) is 0.438. The number of carbonyl (C=O) groups is 1. The number of rotatable bonds is 4. The number of ether oxygens (including phenoxy) is 2. The monoisotopic (exact) mass is 330 g/mol. The maximum Gasteiger partial charge on any atom is 0.223 e. The molecule has 24 heavy (non-hydrogen) atoms. The first kappa shape index (κ1) is 15.1. The molecule has 0 aromatic carbocycles. The molecular formula is C16H18N4O4. The van der Waals surface area contributed by atoms with E-state index < -0.39 is 0 Å². The Bertz CT molecular complexity index is 721. The molecule has 1 amide bonds. The summed E-state index contributed by atoms with van der Waals surface area (Å²) in [6.45, 7) is 2.41. The number of aromatic nitrogens is 2. The Labute approximate surface area is 138 Å². The van der Waals surface area contributed by atoms with Crippen molar-refractivity contribution in [3.63, 3.8) is 0 Å². The molecule has 0 radical (unpaired) electrons. The second-order valence-corrected chi connectivity index (χ2v) is 5.90. The minimum absolute atomic E-state index is 0.0689. The molecule has 4 atom stereocenters. The van der Waals surface area contributed by atoms with Crippen LogP contribution in [0.4, 0.5) is 5.95 Å². The molecule has 2 N–H and O–H groups in total. The average molecular weight is 330 g/mol. The fourth-order valence-electron chi connectivity index (χ4n) is 3.16. The molecule has 2 saturated heterocycles. The van der Waals surface area contributed by atoms with Crippen LogP contribution in [-0.4, -0.2) is 53.4 Å². The van der Waals surface area contributed by atoms with Crippen molar-refractivity contribution in [1.29, 1.82) is 0 Å². The van der Waals surface area contributed by atoms with E-state index in [1.165, 1.54) is 6.92 Å². The Hall–Kier alpha value is -2.45. The second kappa shape index (κ2) is 6.21. The predicted molar refractivity (Wildman–Crippen MR) is 84.2 cm³/mol. The highest BCUT2D eigenvalue weighted by atomic mass is 16.6. The molecule has 2 aromatic rings. The summed E-state index contributed by atoms with van der Waals surface area (Å²) in [7, 11) is 0. The van der Waals surface area contributed by atoms with Crippen molar-refractivity contribution in [3.8, 4) is 11.5 Å². The predicted octanol–water partition coefficient (Wildman–Crippen LogP) is 0.819. The molecule has 4 heterocycles. The molecule has 0 spiro atoms. The highest BCUT2D eigenvalue weighted by molar-refractivity contribution is 5.73. The Balaban J connectivity index is 1.45. The maximum absolute atomic E-state index is 11.2. The Kier molecular flexibility index (Phi) is 3.91. The summed E-state index contributed by atoms with van der Waals surface area (Å²) in [4.78, 5) is 20.0. The number of nitrogens with zero attached hydrogens (tertiary/aromatic N) is 2. The molecule has 2 aliphatic heterocycles. The maximum atomic E-state index is 11.2. The summed E-state index contributed by atoms with van der Waals surface area (Å²) in [6.07, 6.45) is 2.99. The van der Waals surface area contributed by atoms with E-state index in [0.29, 0.717) is 30.6 Å². The molecule has 0 aliphatic carbocycles. The normalized spacial score (nSPS) is 28.5. The molecule has 8 heteroatoms. The van der Waals surface area contributed by atoms with Crippen molar-refractivity contribution in [2.45, 2.75) is 31.2 Å². The second-order valence-electron chi connectivity index (χ2n) is 5.90. The molecule has 4 rings (SSSR count). The summed E-state index contributed by atoms with van der Waals surface area (Å²) in [5, 5.41) is 6.13. The van der Waals surface area contributed by atoms with E-state index in [1.54, 1.807) is 18.5 Å². The van der Waals surface area contributed by atoms with Crippen LogP contribution in [0.1, 0.15) is 6.92 Å². The fourth-order valence-corrected chi connectivity index (χ4v) is 3.16. The smallest absolute Gasteiger partial charge is 0.223 e. The van der Waals surface area contributed by atoms with Crippen LogP contribution < -0.4 is 10.6 Å². The summed E-state index contributed by atoms with van der Waals surface area (Å²) < 4.78 is 17.0. The van der Waals surface area contributed by atoms with Gasteiger partial charge in [0.15, 0.2) is 5.76 Å². The number of anilines is 1. The van der Waals surface area contributed by atoms with E-state index in [0.717, 1.165) is 0 Å². The summed E-state index contributed by atoms with van der Waals surface area (Å²) in [5.41, 5.74) is 0.705. The third kappa shape index (κ3) is 2.85. The van der Waals surface area contributed by atoms with Crippen molar-refractivity contribution in [2.24, 2.45) is 0 Å². The first-order valence-corrected chi connectivity index (χ1v) is 7.84. The molecule has 4 unspecified atom stereocenters. The van der Waals surface area contributed by atoms with Crippen LogP contribution in [0.15, 0.2) is 35.1 Å². The molecule has 8 nitrogen and oxygen atoms in total. The topological polar surface area (TPSA) is 98.5 Å². The Morgan fingerprint density at radius 3 is 2.75 bits per heavy atom. The van der Waals surface area contributed by atoms with Crippen LogP contribution in [0.3, 0.4) is 0 Å². The van der Waals surface area contributed by atoms with Gasteiger partial charge >= 0.3 is 0 Å². The molecule has 126 valence electrons. The average Bonchev–Trinajstić information content (AvgIpc) is 3.28. The number of nitrogens with one attached hydrogen (secondary N) is 2. The number of hydrogen-bond acceptors (Lipinski definition) is 7. The molecule has 2 fully saturated rings. The quantitative estimate of drug-likeness (QED) is 0.856. The van der Waals surface area contributed by atoms with E-state index in [2.05, 4.69) is 20.6 Å². The van der Waals surface area contributed by atoms with E-state index >= 15 is 0 Å². The largest absolute Gasteiger partial charge is 0.463 e. The summed E-state index contributed by atoms with van der Waals surface area (Å²) >= 11 is 0. The van der Waals surface area contributed by atoms with Crippen LogP contribution >= 0.6 is 0 Å². The lowest BCUT2D eigenvalue weighted by molar-refractivity contribution is -0.120. The molecule has 0 bridgehead atoms. The highest BCUT2D eigenvalue weighted by Gasteiger charge is 2.48. The van der Waals surface area contributed by atoms with Crippen molar-refractivity contribution in [2.75, 3.05) is 18.5 Å². The van der Waals surface area contributed by atoms with Gasteiger partial charge in [0.25, 0.3) is 0 Å². The van der Waals surface area contributed by atoms with Gasteiger partial charge in [-0.15, -0.1) is 0 Å². The highest BCUT2D eigenvalue weighted by Crippen LogP contribution is 2.29. The molecule has 2 aliphatic rings. The summed E-state index contributed by atoms with van der Waals surface area (Å²) in [6, 6.07) is 5.26. The van der Waals surface area contributed by atoms with E-state index in [4.69, 9.17) is 13.9 Å². The van der Waals surface area contributed by atoms with Gasteiger partial charge < -0.3 is 24.5 Å². The van der Waals surface area contributed by atoms with Crippen LogP contribution in [0.2, 0.25) is 0 Å². The molecule has 0 saturated carbocycles. The van der Waals surface area contributed by atoms with Gasteiger partial charge in [0.05, 0.1) is 31.6 Å². The standard InChI is InChI=1S/C16H18N4O4/c1-9(21)18-11-7-23-15-12(8-24-14(11)15)20-16-17-5-4-10(19-16)13-3-2-6-22-13/h2-6,11-12,14-15H,7-8H2,1H3,(H,18,21)(H,17,19,20). The number of amides is 1. The molecule has 2 aromatic heterocycles. The van der Waals surface area contributed by atoms with E-state index in [-0.39, 0.29) is 30.2 Å². The minimum atomic E-state index is -0.153. The van der Waals surface area contributed by atoms with Crippen LogP contribution in [0, 0.1) is 0 Å². The third-order valence-corrected chi connectivity index (χ3v) is 4.19. The number of hydrogen-bond donors (Lipinski definition) is 2. The molecular weight excluding hydrogens is 312 g/mol. The van der Waals surface area contributed by atoms with Gasteiger partial charge in [0.1, 0.15) is 17.9 Å². The zero-order valence-electron chi connectivity index (χ0n) is 13.1. The first-order valence-electron chi connectivity index (χ1n) is 7.84. The van der Waals surface area contributed by atoms with E-state index in [1.807, 2.05) is 12.1 Å². The minimum Gasteiger partial charge on any atom is -0.463 e. The van der Waals surface area contributed by atoms with Crippen LogP contribution in [0.5, 0.6) is 0 Å². The van der Waals surface area contributed by atoms with Gasteiger partial charge in [0.2, 0.25) is 11.9 Å². The zero-order valence-corrected chi connectivity index (χ0v) is 13.1. The van der Waals surface area contributed by atoms with Crippen molar-refractivity contribution in [3.05, 3.63) is 30.7 Å². The number of fused-ring (bicyclic) bond motifs is 1. The van der Waals surface area contributed by atoms with Gasteiger partial charge in [-0.25, -0.2) is 9.97 Å².